The Balaban J connectivity index is 0.00000180. The van der Waals surface area contributed by atoms with Crippen LogP contribution in [0.3, 0.4) is 0 Å². The second-order valence-corrected chi connectivity index (χ2v) is 4.24. The van der Waals surface area contributed by atoms with E-state index in [9.17, 15) is 18.0 Å². The zero-order chi connectivity index (χ0) is 13.1. The van der Waals surface area contributed by atoms with Crippen molar-refractivity contribution < 1.29 is 18.0 Å². The van der Waals surface area contributed by atoms with E-state index in [1.807, 2.05) is 0 Å². The number of benzene rings is 1. The quantitative estimate of drug-likeness (QED) is 0.876. The molecule has 1 aromatic carbocycles. The van der Waals surface area contributed by atoms with Crippen LogP contribution in [0.15, 0.2) is 12.1 Å². The molecule has 0 aliphatic carbocycles. The van der Waals surface area contributed by atoms with Crippen molar-refractivity contribution in [1.82, 2.24) is 10.6 Å². The molecule has 0 saturated carbocycles. The maximum absolute atomic E-state index is 13.4. The van der Waals surface area contributed by atoms with E-state index < -0.39 is 28.9 Å². The monoisotopic (exact) mass is 294 g/mol. The highest BCUT2D eigenvalue weighted by atomic mass is 35.5. The molecule has 1 aliphatic rings. The first-order valence-corrected chi connectivity index (χ1v) is 5.74. The molecule has 1 aromatic rings. The Bertz CT molecular complexity index is 441. The first-order valence-electron chi connectivity index (χ1n) is 5.74. The van der Waals surface area contributed by atoms with Gasteiger partial charge in [0.25, 0.3) is 5.91 Å². The smallest absolute Gasteiger partial charge is 0.257 e. The molecule has 2 rings (SSSR count). The van der Waals surface area contributed by atoms with Crippen LogP contribution < -0.4 is 10.6 Å². The predicted molar refractivity (Wildman–Crippen MR) is 66.9 cm³/mol. The van der Waals surface area contributed by atoms with E-state index >= 15 is 0 Å². The lowest BCUT2D eigenvalue weighted by molar-refractivity contribution is 0.0921. The number of carbonyl (C=O) groups is 1. The summed E-state index contributed by atoms with van der Waals surface area (Å²) < 4.78 is 39.4. The molecular weight excluding hydrogens is 281 g/mol. The van der Waals surface area contributed by atoms with E-state index in [1.54, 1.807) is 0 Å². The van der Waals surface area contributed by atoms with Gasteiger partial charge in [0.1, 0.15) is 23.0 Å². The summed E-state index contributed by atoms with van der Waals surface area (Å²) in [7, 11) is 0. The molecule has 1 saturated heterocycles. The first kappa shape index (κ1) is 15.8. The Morgan fingerprint density at radius 3 is 2.21 bits per heavy atom. The van der Waals surface area contributed by atoms with Crippen LogP contribution in [0.1, 0.15) is 23.2 Å². The van der Waals surface area contributed by atoms with Gasteiger partial charge < -0.3 is 10.6 Å². The molecule has 0 spiro atoms. The summed E-state index contributed by atoms with van der Waals surface area (Å²) in [5.74, 6) is -4.24. The van der Waals surface area contributed by atoms with E-state index in [4.69, 9.17) is 0 Å². The summed E-state index contributed by atoms with van der Waals surface area (Å²) >= 11 is 0. The highest BCUT2D eigenvalue weighted by Crippen LogP contribution is 2.15. The highest BCUT2D eigenvalue weighted by Gasteiger charge is 2.22. The lowest BCUT2D eigenvalue weighted by Crippen LogP contribution is -2.43. The summed E-state index contributed by atoms with van der Waals surface area (Å²) in [5.41, 5.74) is -0.727. The topological polar surface area (TPSA) is 41.1 Å². The largest absolute Gasteiger partial charge is 0.349 e. The molecule has 1 fully saturated rings. The molecule has 1 heterocycles. The minimum Gasteiger partial charge on any atom is -0.349 e. The van der Waals surface area contributed by atoms with Gasteiger partial charge in [0.2, 0.25) is 0 Å². The fourth-order valence-electron chi connectivity index (χ4n) is 1.98. The maximum Gasteiger partial charge on any atom is 0.257 e. The van der Waals surface area contributed by atoms with Gasteiger partial charge in [0.15, 0.2) is 0 Å². The zero-order valence-corrected chi connectivity index (χ0v) is 10.8. The molecular formula is C12H14ClF3N2O. The molecule has 7 heteroatoms. The van der Waals surface area contributed by atoms with Gasteiger partial charge in [-0.1, -0.05) is 0 Å². The molecule has 1 amide bonds. The summed E-state index contributed by atoms with van der Waals surface area (Å²) in [6.45, 7) is 1.50. The van der Waals surface area contributed by atoms with Crippen molar-refractivity contribution in [3.05, 3.63) is 35.1 Å². The summed E-state index contributed by atoms with van der Waals surface area (Å²) in [4.78, 5) is 11.7. The van der Waals surface area contributed by atoms with E-state index in [2.05, 4.69) is 10.6 Å². The molecule has 0 atom stereocenters. The van der Waals surface area contributed by atoms with Crippen molar-refractivity contribution in [2.45, 2.75) is 18.9 Å². The number of hydrogen-bond acceptors (Lipinski definition) is 2. The standard InChI is InChI=1S/C12H13F3N2O.ClH/c13-7-5-9(14)11(10(15)6-7)12(18)17-8-1-3-16-4-2-8;/h5-6,8,16H,1-4H2,(H,17,18);1H. The third-order valence-corrected chi connectivity index (χ3v) is 2.91. The van der Waals surface area contributed by atoms with Crippen LogP contribution in [0.2, 0.25) is 0 Å². The van der Waals surface area contributed by atoms with E-state index in [-0.39, 0.29) is 18.4 Å². The summed E-state index contributed by atoms with van der Waals surface area (Å²) in [6.07, 6.45) is 1.41. The van der Waals surface area contributed by atoms with Crippen LogP contribution in [0.25, 0.3) is 0 Å². The average molecular weight is 295 g/mol. The SMILES string of the molecule is Cl.O=C(NC1CCNCC1)c1c(F)cc(F)cc1F. The third kappa shape index (κ3) is 3.84. The number of hydrogen-bond donors (Lipinski definition) is 2. The molecule has 0 radical (unpaired) electrons. The Hall–Kier alpha value is -1.27. The number of carbonyl (C=O) groups excluding carboxylic acids is 1. The number of nitrogens with one attached hydrogen (secondary N) is 2. The van der Waals surface area contributed by atoms with Gasteiger partial charge in [0, 0.05) is 18.2 Å². The second kappa shape index (κ2) is 6.77. The Morgan fingerprint density at radius 2 is 1.68 bits per heavy atom. The average Bonchev–Trinajstić information content (AvgIpc) is 2.28. The summed E-state index contributed by atoms with van der Waals surface area (Å²) in [6, 6.07) is 0.892. The van der Waals surface area contributed by atoms with Gasteiger partial charge in [0.05, 0.1) is 0 Å². The van der Waals surface area contributed by atoms with Gasteiger partial charge in [-0.3, -0.25) is 4.79 Å². The van der Waals surface area contributed by atoms with Gasteiger partial charge in [-0.05, 0) is 25.9 Å². The van der Waals surface area contributed by atoms with E-state index in [1.165, 1.54) is 0 Å². The Morgan fingerprint density at radius 1 is 1.16 bits per heavy atom. The van der Waals surface area contributed by atoms with Crippen molar-refractivity contribution in [1.29, 1.82) is 0 Å². The summed E-state index contributed by atoms with van der Waals surface area (Å²) in [5, 5.41) is 5.66. The van der Waals surface area contributed by atoms with Crippen LogP contribution in [0, 0.1) is 17.5 Å². The fourth-order valence-corrected chi connectivity index (χ4v) is 1.98. The van der Waals surface area contributed by atoms with E-state index in [0.29, 0.717) is 25.0 Å². The van der Waals surface area contributed by atoms with Crippen LogP contribution in [0.5, 0.6) is 0 Å². The lowest BCUT2D eigenvalue weighted by atomic mass is 10.1. The minimum absolute atomic E-state index is 0. The van der Waals surface area contributed by atoms with Crippen molar-refractivity contribution in [3.8, 4) is 0 Å². The normalized spacial score (nSPS) is 15.7. The third-order valence-electron chi connectivity index (χ3n) is 2.91. The number of halogens is 4. The molecule has 3 nitrogen and oxygen atoms in total. The van der Waals surface area contributed by atoms with E-state index in [0.717, 1.165) is 13.1 Å². The van der Waals surface area contributed by atoms with Crippen LogP contribution in [0.4, 0.5) is 13.2 Å². The number of amides is 1. The molecule has 1 aliphatic heterocycles. The van der Waals surface area contributed by atoms with Gasteiger partial charge >= 0.3 is 0 Å². The van der Waals surface area contributed by atoms with Gasteiger partial charge in [-0.2, -0.15) is 0 Å². The van der Waals surface area contributed by atoms with Gasteiger partial charge in [-0.15, -0.1) is 12.4 Å². The van der Waals surface area contributed by atoms with Crippen molar-refractivity contribution >= 4 is 18.3 Å². The van der Waals surface area contributed by atoms with Crippen molar-refractivity contribution in [3.63, 3.8) is 0 Å². The minimum atomic E-state index is -1.18. The van der Waals surface area contributed by atoms with Gasteiger partial charge in [-0.25, -0.2) is 13.2 Å². The Kier molecular flexibility index (Phi) is 5.62. The predicted octanol–water partition coefficient (Wildman–Crippen LogP) is 2.01. The molecule has 0 bridgehead atoms. The Labute approximate surface area is 115 Å². The molecule has 0 unspecified atom stereocenters. The highest BCUT2D eigenvalue weighted by molar-refractivity contribution is 5.94. The fraction of sp³-hybridized carbons (Fsp3) is 0.417. The molecule has 19 heavy (non-hydrogen) atoms. The first-order chi connectivity index (χ1) is 8.58. The molecule has 106 valence electrons. The van der Waals surface area contributed by atoms with Crippen molar-refractivity contribution in [2.75, 3.05) is 13.1 Å². The van der Waals surface area contributed by atoms with Crippen LogP contribution in [-0.2, 0) is 0 Å². The number of piperidine rings is 1. The lowest BCUT2D eigenvalue weighted by Gasteiger charge is -2.23. The zero-order valence-electron chi connectivity index (χ0n) is 10.0. The molecule has 0 aromatic heterocycles. The van der Waals surface area contributed by atoms with Crippen LogP contribution >= 0.6 is 12.4 Å². The number of rotatable bonds is 2. The van der Waals surface area contributed by atoms with Crippen molar-refractivity contribution in [2.24, 2.45) is 0 Å². The second-order valence-electron chi connectivity index (χ2n) is 4.24. The van der Waals surface area contributed by atoms with Crippen LogP contribution in [-0.4, -0.2) is 25.0 Å². The maximum atomic E-state index is 13.4. The molecule has 2 N–H and O–H groups in total.